The van der Waals surface area contributed by atoms with Gasteiger partial charge in [-0.05, 0) is 28.3 Å². The van der Waals surface area contributed by atoms with E-state index in [1.54, 1.807) is 0 Å². The number of hydrogen-bond acceptors (Lipinski definition) is 5. The summed E-state index contributed by atoms with van der Waals surface area (Å²) in [6, 6.07) is 15.2. The van der Waals surface area contributed by atoms with Gasteiger partial charge in [-0.15, -0.1) is 10.2 Å². The van der Waals surface area contributed by atoms with E-state index in [4.69, 9.17) is 17.1 Å². The third kappa shape index (κ3) is 4.13. The Kier molecular flexibility index (Phi) is 4.83. The molecule has 30 heavy (non-hydrogen) atoms. The molecule has 0 aliphatic heterocycles. The number of hydrogen-bond donors (Lipinski definition) is 2. The Morgan fingerprint density at radius 2 is 1.90 bits per heavy atom. The highest BCUT2D eigenvalue weighted by molar-refractivity contribution is 6.30. The molecule has 0 atom stereocenters. The Hall–Kier alpha value is -3.03. The second-order valence-electron chi connectivity index (χ2n) is 6.68. The van der Waals surface area contributed by atoms with Crippen LogP contribution in [-0.4, -0.2) is 35.3 Å². The standard InChI is InChI=1S/C22H23ClN6O/c1-2-3-8-20-24-21(23)19(14-30)29(20)13-15-9-11-16(12-10-15)17-6-4-5-7-18(17)22-25-27-28-26-22/h4-7,9-12,30H,2-3,8,13-14H2,1H3,(H,25,26,27,28)/i8D2,14D2. The van der Waals surface area contributed by atoms with Crippen LogP contribution in [0.3, 0.4) is 0 Å². The monoisotopic (exact) mass is 426 g/mol. The lowest BCUT2D eigenvalue weighted by Gasteiger charge is -2.12. The number of aromatic amines is 1. The summed E-state index contributed by atoms with van der Waals surface area (Å²) in [5, 5.41) is 24.1. The average molecular weight is 427 g/mol. The number of H-pyrrole nitrogens is 1. The van der Waals surface area contributed by atoms with Gasteiger partial charge in [0.2, 0.25) is 5.82 Å². The normalized spacial score (nSPS) is 14.1. The fourth-order valence-electron chi connectivity index (χ4n) is 3.23. The maximum Gasteiger partial charge on any atom is 0.205 e. The molecule has 0 aliphatic rings. The second kappa shape index (κ2) is 9.19. The number of aliphatic hydroxyl groups is 1. The van der Waals surface area contributed by atoms with E-state index < -0.39 is 12.9 Å². The van der Waals surface area contributed by atoms with Crippen LogP contribution >= 0.6 is 11.6 Å². The molecule has 0 saturated heterocycles. The van der Waals surface area contributed by atoms with E-state index in [0.717, 1.165) is 22.3 Å². The number of imidazole rings is 1. The maximum absolute atomic E-state index is 10.1. The average Bonchev–Trinajstić information content (AvgIpc) is 3.42. The highest BCUT2D eigenvalue weighted by Crippen LogP contribution is 2.30. The van der Waals surface area contributed by atoms with Gasteiger partial charge in [0.05, 0.1) is 15.0 Å². The Balaban J connectivity index is 1.72. The zero-order valence-corrected chi connectivity index (χ0v) is 17.1. The van der Waals surface area contributed by atoms with Gasteiger partial charge in [0.1, 0.15) is 5.82 Å². The Morgan fingerprint density at radius 1 is 1.13 bits per heavy atom. The molecule has 0 fully saturated rings. The van der Waals surface area contributed by atoms with Crippen LogP contribution < -0.4 is 0 Å². The lowest BCUT2D eigenvalue weighted by Crippen LogP contribution is -2.09. The molecule has 4 rings (SSSR count). The highest BCUT2D eigenvalue weighted by Gasteiger charge is 2.16. The number of nitrogens with one attached hydrogen (secondary N) is 1. The molecule has 0 unspecified atom stereocenters. The summed E-state index contributed by atoms with van der Waals surface area (Å²) < 4.78 is 33.8. The number of nitrogens with zero attached hydrogens (tertiary/aromatic N) is 5. The number of aryl methyl sites for hydroxylation is 1. The first-order valence-corrected chi connectivity index (χ1v) is 9.91. The lowest BCUT2D eigenvalue weighted by molar-refractivity contribution is 0.271. The Bertz CT molecular complexity index is 1270. The molecule has 154 valence electrons. The van der Waals surface area contributed by atoms with Crippen molar-refractivity contribution in [1.29, 1.82) is 0 Å². The number of halogens is 1. The molecule has 0 amide bonds. The molecule has 0 spiro atoms. The largest absolute Gasteiger partial charge is 0.390 e. The molecule has 0 radical (unpaired) electrons. The van der Waals surface area contributed by atoms with Crippen molar-refractivity contribution in [3.63, 3.8) is 0 Å². The molecule has 7 nitrogen and oxygen atoms in total. The van der Waals surface area contributed by atoms with Crippen molar-refractivity contribution in [2.75, 3.05) is 0 Å². The van der Waals surface area contributed by atoms with Gasteiger partial charge in [-0.3, -0.25) is 0 Å². The van der Waals surface area contributed by atoms with E-state index in [2.05, 4.69) is 25.6 Å². The third-order valence-corrected chi connectivity index (χ3v) is 4.95. The minimum atomic E-state index is -2.78. The quantitative estimate of drug-likeness (QED) is 0.439. The molecule has 0 saturated carbocycles. The number of aromatic nitrogens is 6. The molecule has 2 N–H and O–H groups in total. The van der Waals surface area contributed by atoms with E-state index in [1.807, 2.05) is 55.5 Å². The summed E-state index contributed by atoms with van der Waals surface area (Å²) in [5.74, 6) is 0.462. The molecular formula is C22H23ClN6O. The van der Waals surface area contributed by atoms with E-state index in [9.17, 15) is 5.11 Å². The van der Waals surface area contributed by atoms with Crippen molar-refractivity contribution in [2.24, 2.45) is 0 Å². The van der Waals surface area contributed by atoms with E-state index in [1.165, 1.54) is 4.57 Å². The Labute approximate surface area is 185 Å². The number of rotatable bonds is 8. The molecule has 0 aliphatic carbocycles. The van der Waals surface area contributed by atoms with Crippen molar-refractivity contribution in [3.8, 4) is 22.5 Å². The fraction of sp³-hybridized carbons (Fsp3) is 0.273. The molecular weight excluding hydrogens is 400 g/mol. The zero-order chi connectivity index (χ0) is 24.5. The molecule has 2 heterocycles. The maximum atomic E-state index is 10.1. The van der Waals surface area contributed by atoms with Crippen LogP contribution in [0.25, 0.3) is 22.5 Å². The van der Waals surface area contributed by atoms with Crippen LogP contribution in [0.1, 0.15) is 42.3 Å². The van der Waals surface area contributed by atoms with Gasteiger partial charge in [0, 0.05) is 21.2 Å². The number of benzene rings is 2. The second-order valence-corrected chi connectivity index (χ2v) is 7.04. The number of tetrazole rings is 1. The molecule has 2 aromatic carbocycles. The highest BCUT2D eigenvalue weighted by atomic mass is 35.5. The first kappa shape index (κ1) is 15.8. The predicted octanol–water partition coefficient (Wildman–Crippen LogP) is 4.27. The minimum absolute atomic E-state index is 0.0150. The van der Waals surface area contributed by atoms with Gasteiger partial charge in [-0.25, -0.2) is 4.98 Å². The van der Waals surface area contributed by atoms with E-state index >= 15 is 0 Å². The van der Waals surface area contributed by atoms with Crippen LogP contribution in [0.2, 0.25) is 5.15 Å². The first-order valence-electron chi connectivity index (χ1n) is 11.5. The van der Waals surface area contributed by atoms with Crippen molar-refractivity contribution >= 4 is 11.6 Å². The molecule has 0 bridgehead atoms. The lowest BCUT2D eigenvalue weighted by atomic mass is 9.98. The van der Waals surface area contributed by atoms with Gasteiger partial charge in [-0.2, -0.15) is 5.21 Å². The van der Waals surface area contributed by atoms with Crippen LogP contribution in [0.15, 0.2) is 48.5 Å². The summed E-state index contributed by atoms with van der Waals surface area (Å²) in [7, 11) is 0. The van der Waals surface area contributed by atoms with E-state index in [-0.39, 0.29) is 29.6 Å². The van der Waals surface area contributed by atoms with Crippen LogP contribution in [0.4, 0.5) is 0 Å². The summed E-state index contributed by atoms with van der Waals surface area (Å²) in [6.45, 7) is -0.849. The first-order chi connectivity index (χ1) is 16.1. The van der Waals surface area contributed by atoms with Crippen LogP contribution in [0.5, 0.6) is 0 Å². The molecule has 4 aromatic rings. The Morgan fingerprint density at radius 3 is 2.57 bits per heavy atom. The van der Waals surface area contributed by atoms with Gasteiger partial charge in [0.25, 0.3) is 0 Å². The summed E-state index contributed by atoms with van der Waals surface area (Å²) in [4.78, 5) is 4.10. The van der Waals surface area contributed by atoms with Gasteiger partial charge < -0.3 is 9.67 Å². The van der Waals surface area contributed by atoms with Crippen LogP contribution in [-0.2, 0) is 19.5 Å². The summed E-state index contributed by atoms with van der Waals surface area (Å²) in [6.07, 6.45) is -1.10. The SMILES string of the molecule is [2H]C([2H])(O)c1c(Cl)nc(C([2H])([2H])CCC)n1Cc1ccc(-c2ccccc2-c2nn[nH]n2)cc1. The van der Waals surface area contributed by atoms with Gasteiger partial charge >= 0.3 is 0 Å². The van der Waals surface area contributed by atoms with Crippen molar-refractivity contribution in [3.05, 3.63) is 70.8 Å². The van der Waals surface area contributed by atoms with Gasteiger partial charge in [0.15, 0.2) is 5.15 Å². The van der Waals surface area contributed by atoms with Crippen molar-refractivity contribution < 1.29 is 10.6 Å². The topological polar surface area (TPSA) is 92.5 Å². The zero-order valence-electron chi connectivity index (χ0n) is 20.3. The van der Waals surface area contributed by atoms with Gasteiger partial charge in [-0.1, -0.05) is 73.5 Å². The van der Waals surface area contributed by atoms with Crippen molar-refractivity contribution in [1.82, 2.24) is 30.2 Å². The minimum Gasteiger partial charge on any atom is -0.390 e. The smallest absolute Gasteiger partial charge is 0.205 e. The summed E-state index contributed by atoms with van der Waals surface area (Å²) in [5.41, 5.74) is 3.13. The predicted molar refractivity (Wildman–Crippen MR) is 116 cm³/mol. The van der Waals surface area contributed by atoms with Crippen LogP contribution in [0, 0.1) is 0 Å². The molecule has 2 aromatic heterocycles. The summed E-state index contributed by atoms with van der Waals surface area (Å²) >= 11 is 6.16. The van der Waals surface area contributed by atoms with Crippen molar-refractivity contribution in [2.45, 2.75) is 39.2 Å². The fourth-order valence-corrected chi connectivity index (χ4v) is 3.46. The molecule has 8 heteroatoms. The third-order valence-electron chi connectivity index (χ3n) is 4.68. The van der Waals surface area contributed by atoms with E-state index in [0.29, 0.717) is 12.2 Å².